The van der Waals surface area contributed by atoms with Crippen LogP contribution >= 0.6 is 34.3 Å². The zero-order valence-corrected chi connectivity index (χ0v) is 14.5. The standard InChI is InChI=1S/C15H15ClN2O3S2/c1-2-3-4-10(15(20)21)18-13(19)7-9-8-22-14(17-9)11-5-6-12(16)23-11/h2,5-6,8,10H,1,3-4,7H2,(H,18,19)(H,20,21). The number of thiophene rings is 1. The molecule has 23 heavy (non-hydrogen) atoms. The fourth-order valence-corrected chi connectivity index (χ4v) is 3.82. The topological polar surface area (TPSA) is 79.3 Å². The molecule has 2 heterocycles. The van der Waals surface area contributed by atoms with Crippen molar-refractivity contribution in [2.24, 2.45) is 0 Å². The third-order valence-corrected chi connectivity index (χ3v) is 5.26. The molecule has 0 spiro atoms. The Bertz CT molecular complexity index is 711. The van der Waals surface area contributed by atoms with Crippen LogP contribution in [0.3, 0.4) is 0 Å². The molecule has 122 valence electrons. The molecule has 0 aliphatic carbocycles. The number of thiazole rings is 1. The predicted octanol–water partition coefficient (Wildman–Crippen LogP) is 3.60. The third kappa shape index (κ3) is 5.16. The van der Waals surface area contributed by atoms with Gasteiger partial charge in [0, 0.05) is 5.38 Å². The molecule has 1 atom stereocenters. The first-order valence-corrected chi connectivity index (χ1v) is 8.90. The minimum Gasteiger partial charge on any atom is -0.480 e. The molecule has 0 saturated heterocycles. The van der Waals surface area contributed by atoms with Gasteiger partial charge in [-0.15, -0.1) is 29.3 Å². The zero-order valence-electron chi connectivity index (χ0n) is 12.1. The molecule has 0 bridgehead atoms. The van der Waals surface area contributed by atoms with E-state index in [1.165, 1.54) is 22.7 Å². The molecule has 1 amide bonds. The van der Waals surface area contributed by atoms with E-state index in [0.29, 0.717) is 22.9 Å². The summed E-state index contributed by atoms with van der Waals surface area (Å²) < 4.78 is 0.681. The van der Waals surface area contributed by atoms with Gasteiger partial charge in [-0.3, -0.25) is 4.79 Å². The van der Waals surface area contributed by atoms with Gasteiger partial charge in [0.2, 0.25) is 5.91 Å². The van der Waals surface area contributed by atoms with Crippen molar-refractivity contribution >= 4 is 46.2 Å². The smallest absolute Gasteiger partial charge is 0.326 e. The van der Waals surface area contributed by atoms with Gasteiger partial charge < -0.3 is 10.4 Å². The normalized spacial score (nSPS) is 11.9. The van der Waals surface area contributed by atoms with E-state index in [0.717, 1.165) is 9.88 Å². The number of nitrogens with one attached hydrogen (secondary N) is 1. The highest BCUT2D eigenvalue weighted by Crippen LogP contribution is 2.32. The van der Waals surface area contributed by atoms with E-state index < -0.39 is 12.0 Å². The van der Waals surface area contributed by atoms with Crippen molar-refractivity contribution in [1.82, 2.24) is 10.3 Å². The minimum absolute atomic E-state index is 0.0491. The van der Waals surface area contributed by atoms with E-state index in [1.807, 2.05) is 6.07 Å². The number of hydrogen-bond acceptors (Lipinski definition) is 5. The maximum Gasteiger partial charge on any atom is 0.326 e. The molecule has 2 aromatic rings. The van der Waals surface area contributed by atoms with Crippen LogP contribution < -0.4 is 5.32 Å². The quantitative estimate of drug-likeness (QED) is 0.696. The van der Waals surface area contributed by atoms with E-state index in [4.69, 9.17) is 16.7 Å². The van der Waals surface area contributed by atoms with Crippen LogP contribution in [0.2, 0.25) is 4.34 Å². The Kier molecular flexibility index (Phi) is 6.32. The lowest BCUT2D eigenvalue weighted by molar-refractivity contribution is -0.141. The fraction of sp³-hybridized carbons (Fsp3) is 0.267. The first-order valence-electron chi connectivity index (χ1n) is 6.82. The first-order chi connectivity index (χ1) is 11.0. The summed E-state index contributed by atoms with van der Waals surface area (Å²) in [6, 6.07) is 2.77. The molecule has 0 fully saturated rings. The number of rotatable bonds is 8. The molecule has 8 heteroatoms. The van der Waals surface area contributed by atoms with Crippen molar-refractivity contribution in [2.75, 3.05) is 0 Å². The van der Waals surface area contributed by atoms with Gasteiger partial charge in [0.25, 0.3) is 0 Å². The molecule has 0 aromatic carbocycles. The van der Waals surface area contributed by atoms with Crippen LogP contribution in [-0.4, -0.2) is 28.0 Å². The highest BCUT2D eigenvalue weighted by atomic mass is 35.5. The average Bonchev–Trinajstić information content (AvgIpc) is 3.12. The van der Waals surface area contributed by atoms with E-state index >= 15 is 0 Å². The Labute approximate surface area is 146 Å². The summed E-state index contributed by atoms with van der Waals surface area (Å²) in [5.41, 5.74) is 0.611. The zero-order chi connectivity index (χ0) is 16.8. The van der Waals surface area contributed by atoms with E-state index in [9.17, 15) is 9.59 Å². The Morgan fingerprint density at radius 3 is 2.87 bits per heavy atom. The van der Waals surface area contributed by atoms with Crippen molar-refractivity contribution in [3.05, 3.63) is 40.2 Å². The summed E-state index contributed by atoms with van der Waals surface area (Å²) in [6.45, 7) is 3.55. The number of carbonyl (C=O) groups excluding carboxylic acids is 1. The summed E-state index contributed by atoms with van der Waals surface area (Å²) in [5.74, 6) is -1.41. The summed E-state index contributed by atoms with van der Waals surface area (Å²) in [4.78, 5) is 28.4. The molecule has 0 radical (unpaired) electrons. The van der Waals surface area contributed by atoms with Crippen molar-refractivity contribution in [2.45, 2.75) is 25.3 Å². The largest absolute Gasteiger partial charge is 0.480 e. The number of hydrogen-bond donors (Lipinski definition) is 2. The van der Waals surface area contributed by atoms with Crippen molar-refractivity contribution in [1.29, 1.82) is 0 Å². The van der Waals surface area contributed by atoms with Gasteiger partial charge in [-0.1, -0.05) is 17.7 Å². The minimum atomic E-state index is -1.05. The van der Waals surface area contributed by atoms with Crippen LogP contribution in [0.25, 0.3) is 9.88 Å². The summed E-state index contributed by atoms with van der Waals surface area (Å²) in [7, 11) is 0. The third-order valence-electron chi connectivity index (χ3n) is 2.97. The monoisotopic (exact) mass is 370 g/mol. The SMILES string of the molecule is C=CCCC(NC(=O)Cc1csc(-c2ccc(Cl)s2)n1)C(=O)O. The summed E-state index contributed by atoms with van der Waals surface area (Å²) >= 11 is 8.75. The molecule has 2 aromatic heterocycles. The number of aliphatic carboxylic acids is 1. The fourth-order valence-electron chi connectivity index (χ4n) is 1.88. The highest BCUT2D eigenvalue weighted by molar-refractivity contribution is 7.23. The average molecular weight is 371 g/mol. The van der Waals surface area contributed by atoms with Crippen molar-refractivity contribution in [3.8, 4) is 9.88 Å². The van der Waals surface area contributed by atoms with E-state index in [1.54, 1.807) is 17.5 Å². The molecule has 0 aliphatic rings. The van der Waals surface area contributed by atoms with Gasteiger partial charge in [0.15, 0.2) is 0 Å². The number of amides is 1. The predicted molar refractivity (Wildman–Crippen MR) is 93.1 cm³/mol. The lowest BCUT2D eigenvalue weighted by atomic mass is 10.1. The number of nitrogens with zero attached hydrogens (tertiary/aromatic N) is 1. The lowest BCUT2D eigenvalue weighted by Crippen LogP contribution is -2.41. The Balaban J connectivity index is 1.96. The second-order valence-corrected chi connectivity index (χ2v) is 7.32. The van der Waals surface area contributed by atoms with Gasteiger partial charge in [0.05, 0.1) is 21.3 Å². The summed E-state index contributed by atoms with van der Waals surface area (Å²) in [6.07, 6.45) is 2.52. The van der Waals surface area contributed by atoms with Crippen LogP contribution in [0, 0.1) is 0 Å². The second-order valence-electron chi connectivity index (χ2n) is 4.75. The number of carboxylic acids is 1. The van der Waals surface area contributed by atoms with Gasteiger partial charge in [-0.05, 0) is 25.0 Å². The van der Waals surface area contributed by atoms with Crippen molar-refractivity contribution < 1.29 is 14.7 Å². The molecule has 2 rings (SSSR count). The van der Waals surface area contributed by atoms with Crippen LogP contribution in [0.5, 0.6) is 0 Å². The van der Waals surface area contributed by atoms with Gasteiger partial charge in [-0.2, -0.15) is 0 Å². The number of carbonyl (C=O) groups is 2. The van der Waals surface area contributed by atoms with Crippen LogP contribution in [0.15, 0.2) is 30.2 Å². The van der Waals surface area contributed by atoms with Crippen LogP contribution in [0.1, 0.15) is 18.5 Å². The number of halogens is 1. The number of aromatic nitrogens is 1. The molecule has 0 saturated carbocycles. The molecule has 0 aliphatic heterocycles. The maximum absolute atomic E-state index is 12.0. The molecular weight excluding hydrogens is 356 g/mol. The van der Waals surface area contributed by atoms with Gasteiger partial charge >= 0.3 is 5.97 Å². The van der Waals surface area contributed by atoms with Crippen LogP contribution in [0.4, 0.5) is 0 Å². The van der Waals surface area contributed by atoms with Gasteiger partial charge in [-0.25, -0.2) is 9.78 Å². The van der Waals surface area contributed by atoms with Crippen molar-refractivity contribution in [3.63, 3.8) is 0 Å². The second kappa shape index (κ2) is 8.24. The summed E-state index contributed by atoms with van der Waals surface area (Å²) in [5, 5.41) is 14.2. The number of carboxylic acid groups (broad SMARTS) is 1. The van der Waals surface area contributed by atoms with Gasteiger partial charge in [0.1, 0.15) is 11.0 Å². The molecule has 2 N–H and O–H groups in total. The lowest BCUT2D eigenvalue weighted by Gasteiger charge is -2.12. The van der Waals surface area contributed by atoms with E-state index in [2.05, 4.69) is 16.9 Å². The number of allylic oxidation sites excluding steroid dienone is 1. The Morgan fingerprint density at radius 2 is 2.26 bits per heavy atom. The maximum atomic E-state index is 12.0. The van der Waals surface area contributed by atoms with Crippen LogP contribution in [-0.2, 0) is 16.0 Å². The Hall–Kier alpha value is -1.70. The molecular formula is C15H15ClN2O3S2. The highest BCUT2D eigenvalue weighted by Gasteiger charge is 2.19. The Morgan fingerprint density at radius 1 is 1.48 bits per heavy atom. The molecule has 1 unspecified atom stereocenters. The van der Waals surface area contributed by atoms with E-state index in [-0.39, 0.29) is 12.3 Å². The first kappa shape index (κ1) is 17.7. The molecule has 5 nitrogen and oxygen atoms in total.